The summed E-state index contributed by atoms with van der Waals surface area (Å²) in [6, 6.07) is 2.39. The molecule has 2 saturated heterocycles. The molecule has 2 rings (SSSR count). The number of rotatable bonds is 1. The van der Waals surface area contributed by atoms with Gasteiger partial charge in [-0.25, -0.2) is 0 Å². The molecule has 0 radical (unpaired) electrons. The van der Waals surface area contributed by atoms with E-state index in [1.165, 1.54) is 0 Å². The maximum Gasteiger partial charge on any atom is 0.0904 e. The molecule has 4 nitrogen and oxygen atoms in total. The zero-order valence-electron chi connectivity index (χ0n) is 9.91. The van der Waals surface area contributed by atoms with Crippen LogP contribution in [0.4, 0.5) is 0 Å². The molecule has 90 valence electrons. The van der Waals surface area contributed by atoms with Gasteiger partial charge in [-0.3, -0.25) is 0 Å². The lowest BCUT2D eigenvalue weighted by molar-refractivity contribution is -0.129. The van der Waals surface area contributed by atoms with Gasteiger partial charge in [0.05, 0.1) is 17.1 Å². The normalized spacial score (nSPS) is 29.6. The van der Waals surface area contributed by atoms with Gasteiger partial charge >= 0.3 is 0 Å². The second-order valence-electron chi connectivity index (χ2n) is 5.14. The summed E-state index contributed by atoms with van der Waals surface area (Å²) in [5.41, 5.74) is -1.38. The van der Waals surface area contributed by atoms with E-state index in [1.54, 1.807) is 0 Å². The highest BCUT2D eigenvalue weighted by Crippen LogP contribution is 2.45. The molecule has 2 fully saturated rings. The maximum absolute atomic E-state index is 10.8. The first kappa shape index (κ1) is 11.8. The second-order valence-corrected chi connectivity index (χ2v) is 5.14. The van der Waals surface area contributed by atoms with Crippen LogP contribution in [0.1, 0.15) is 25.7 Å². The third-order valence-electron chi connectivity index (χ3n) is 4.27. The molecule has 0 spiro atoms. The van der Waals surface area contributed by atoms with Crippen molar-refractivity contribution in [2.45, 2.75) is 31.3 Å². The van der Waals surface area contributed by atoms with Crippen LogP contribution in [0.25, 0.3) is 0 Å². The molecule has 16 heavy (non-hydrogen) atoms. The number of hydrogen-bond donors (Lipinski definition) is 1. The molecule has 0 unspecified atom stereocenters. The predicted octanol–water partition coefficient (Wildman–Crippen LogP) is 0.763. The molecule has 0 amide bonds. The van der Waals surface area contributed by atoms with E-state index in [0.717, 1.165) is 13.1 Å². The highest BCUT2D eigenvalue weighted by molar-refractivity contribution is 5.13. The quantitative estimate of drug-likeness (QED) is 0.714. The monoisotopic (exact) mass is 224 g/mol. The molecule has 2 heterocycles. The molecule has 0 aromatic carbocycles. The molecule has 0 aliphatic carbocycles. The lowest BCUT2D eigenvalue weighted by Gasteiger charge is -2.48. The summed E-state index contributed by atoms with van der Waals surface area (Å²) in [7, 11) is 2.06. The van der Waals surface area contributed by atoms with Crippen molar-refractivity contribution in [2.75, 3.05) is 33.4 Å². The number of nitriles is 1. The molecular formula is C12H20N2O2. The number of piperidine rings is 1. The van der Waals surface area contributed by atoms with Crippen LogP contribution in [0, 0.1) is 16.7 Å². The first-order chi connectivity index (χ1) is 7.62. The van der Waals surface area contributed by atoms with Gasteiger partial charge < -0.3 is 14.7 Å². The van der Waals surface area contributed by atoms with Crippen molar-refractivity contribution in [3.05, 3.63) is 0 Å². The summed E-state index contributed by atoms with van der Waals surface area (Å²) in [5.74, 6) is 0. The third-order valence-corrected chi connectivity index (χ3v) is 4.27. The van der Waals surface area contributed by atoms with Crippen LogP contribution < -0.4 is 0 Å². The molecular weight excluding hydrogens is 204 g/mol. The number of likely N-dealkylation sites (tertiary alicyclic amines) is 1. The molecule has 0 bridgehead atoms. The van der Waals surface area contributed by atoms with Gasteiger partial charge in [0, 0.05) is 26.3 Å². The number of nitrogens with zero attached hydrogens (tertiary/aromatic N) is 2. The first-order valence-corrected chi connectivity index (χ1v) is 6.02. The zero-order chi connectivity index (χ0) is 11.6. The Balaban J connectivity index is 2.16. The maximum atomic E-state index is 10.8. The van der Waals surface area contributed by atoms with Crippen molar-refractivity contribution in [3.63, 3.8) is 0 Å². The Morgan fingerprint density at radius 2 is 1.75 bits per heavy atom. The van der Waals surface area contributed by atoms with Crippen LogP contribution in [-0.4, -0.2) is 49.0 Å². The average Bonchev–Trinajstić information content (AvgIpc) is 2.34. The molecule has 0 saturated carbocycles. The van der Waals surface area contributed by atoms with Crippen molar-refractivity contribution >= 4 is 0 Å². The minimum absolute atomic E-state index is 0.577. The van der Waals surface area contributed by atoms with E-state index in [-0.39, 0.29) is 0 Å². The summed E-state index contributed by atoms with van der Waals surface area (Å²) < 4.78 is 5.31. The Kier molecular flexibility index (Phi) is 3.20. The van der Waals surface area contributed by atoms with Gasteiger partial charge in [0.15, 0.2) is 0 Å². The lowest BCUT2D eigenvalue weighted by Crippen LogP contribution is -2.55. The van der Waals surface area contributed by atoms with E-state index >= 15 is 0 Å². The van der Waals surface area contributed by atoms with Crippen LogP contribution in [0.3, 0.4) is 0 Å². The van der Waals surface area contributed by atoms with E-state index in [2.05, 4.69) is 18.0 Å². The first-order valence-electron chi connectivity index (χ1n) is 6.02. The Morgan fingerprint density at radius 1 is 1.19 bits per heavy atom. The van der Waals surface area contributed by atoms with Crippen molar-refractivity contribution in [1.29, 1.82) is 5.26 Å². The van der Waals surface area contributed by atoms with Crippen molar-refractivity contribution < 1.29 is 9.84 Å². The number of ether oxygens (including phenoxy) is 1. The summed E-state index contributed by atoms with van der Waals surface area (Å²) in [5, 5.41) is 20.2. The Bertz CT molecular complexity index is 284. The highest BCUT2D eigenvalue weighted by atomic mass is 16.5. The smallest absolute Gasteiger partial charge is 0.0904 e. The molecule has 2 aliphatic rings. The molecule has 2 aliphatic heterocycles. The molecule has 0 aromatic heterocycles. The van der Waals surface area contributed by atoms with Gasteiger partial charge in [0.1, 0.15) is 0 Å². The van der Waals surface area contributed by atoms with Gasteiger partial charge in [-0.1, -0.05) is 0 Å². The van der Waals surface area contributed by atoms with Gasteiger partial charge in [0.2, 0.25) is 0 Å². The van der Waals surface area contributed by atoms with Crippen LogP contribution >= 0.6 is 0 Å². The average molecular weight is 224 g/mol. The largest absolute Gasteiger partial charge is 0.388 e. The fraction of sp³-hybridized carbons (Fsp3) is 0.917. The number of hydrogen-bond acceptors (Lipinski definition) is 4. The van der Waals surface area contributed by atoms with Gasteiger partial charge in [-0.2, -0.15) is 5.26 Å². The summed E-state index contributed by atoms with van der Waals surface area (Å²) in [4.78, 5) is 2.21. The molecule has 1 N–H and O–H groups in total. The van der Waals surface area contributed by atoms with Gasteiger partial charge in [-0.15, -0.1) is 0 Å². The summed E-state index contributed by atoms with van der Waals surface area (Å²) in [6.07, 6.45) is 2.75. The Morgan fingerprint density at radius 3 is 2.25 bits per heavy atom. The van der Waals surface area contributed by atoms with E-state index < -0.39 is 11.0 Å². The molecule has 0 atom stereocenters. The van der Waals surface area contributed by atoms with E-state index in [4.69, 9.17) is 4.74 Å². The lowest BCUT2D eigenvalue weighted by atomic mass is 9.64. The second kappa shape index (κ2) is 4.33. The van der Waals surface area contributed by atoms with Crippen molar-refractivity contribution in [2.24, 2.45) is 5.41 Å². The molecule has 4 heteroatoms. The summed E-state index contributed by atoms with van der Waals surface area (Å²) in [6.45, 7) is 2.96. The topological polar surface area (TPSA) is 56.5 Å². The van der Waals surface area contributed by atoms with Crippen LogP contribution in [-0.2, 0) is 4.74 Å². The van der Waals surface area contributed by atoms with Crippen LogP contribution in [0.2, 0.25) is 0 Å². The van der Waals surface area contributed by atoms with Crippen molar-refractivity contribution in [3.8, 4) is 6.07 Å². The van der Waals surface area contributed by atoms with Crippen LogP contribution in [0.5, 0.6) is 0 Å². The van der Waals surface area contributed by atoms with Gasteiger partial charge in [0.25, 0.3) is 0 Å². The third kappa shape index (κ3) is 1.84. The highest BCUT2D eigenvalue weighted by Gasteiger charge is 2.52. The van der Waals surface area contributed by atoms with Crippen molar-refractivity contribution in [1.82, 2.24) is 4.90 Å². The van der Waals surface area contributed by atoms with E-state index in [0.29, 0.717) is 38.9 Å². The van der Waals surface area contributed by atoms with Gasteiger partial charge in [-0.05, 0) is 32.7 Å². The fourth-order valence-corrected chi connectivity index (χ4v) is 2.87. The standard InChI is InChI=1S/C12H20N2O2/c1-14-6-2-12(15,3-7-14)11(10-13)4-8-16-9-5-11/h15H,2-9H2,1H3. The molecule has 0 aromatic rings. The Hall–Kier alpha value is -0.630. The predicted molar refractivity (Wildman–Crippen MR) is 59.8 cm³/mol. The SMILES string of the molecule is CN1CCC(O)(C2(C#N)CCOCC2)CC1. The Labute approximate surface area is 96.8 Å². The van der Waals surface area contributed by atoms with E-state index in [1.807, 2.05) is 0 Å². The summed E-state index contributed by atoms with van der Waals surface area (Å²) >= 11 is 0. The minimum atomic E-state index is -0.807. The number of aliphatic hydroxyl groups is 1. The van der Waals surface area contributed by atoms with E-state index in [9.17, 15) is 10.4 Å². The van der Waals surface area contributed by atoms with Crippen LogP contribution in [0.15, 0.2) is 0 Å². The zero-order valence-corrected chi connectivity index (χ0v) is 9.91. The minimum Gasteiger partial charge on any atom is -0.388 e. The fourth-order valence-electron chi connectivity index (χ4n) is 2.87.